The molecule has 0 aromatic heterocycles. The Morgan fingerprint density at radius 2 is 1.64 bits per heavy atom. The predicted octanol–water partition coefficient (Wildman–Crippen LogP) is 7.15. The van der Waals surface area contributed by atoms with Crippen LogP contribution in [0, 0.1) is 6.92 Å². The van der Waals surface area contributed by atoms with Gasteiger partial charge in [0.05, 0.1) is 0 Å². The maximum absolute atomic E-state index is 2.21. The predicted molar refractivity (Wildman–Crippen MR) is 123 cm³/mol. The second-order valence-electron chi connectivity index (χ2n) is 7.33. The molecule has 0 aliphatic carbocycles. The molecule has 0 spiro atoms. The number of nitrogens with zero attached hydrogens (tertiary/aromatic N) is 1. The van der Waals surface area contributed by atoms with Gasteiger partial charge in [-0.25, -0.2) is 0 Å². The van der Waals surface area contributed by atoms with Crippen LogP contribution in [-0.4, -0.2) is 7.05 Å². The molecule has 3 aromatic carbocycles. The van der Waals surface area contributed by atoms with Crippen molar-refractivity contribution in [2.24, 2.45) is 0 Å². The Labute approximate surface area is 167 Å². The summed E-state index contributed by atoms with van der Waals surface area (Å²) >= 11 is 0. The van der Waals surface area contributed by atoms with Crippen LogP contribution in [-0.2, 0) is 0 Å². The highest BCUT2D eigenvalue weighted by atomic mass is 15.1. The molecule has 0 radical (unpaired) electrons. The molecule has 0 N–H and O–H groups in total. The van der Waals surface area contributed by atoms with Crippen molar-refractivity contribution < 1.29 is 0 Å². The van der Waals surface area contributed by atoms with Crippen LogP contribution in [0.1, 0.15) is 23.6 Å². The molecule has 1 heterocycles. The topological polar surface area (TPSA) is 3.24 Å². The van der Waals surface area contributed by atoms with E-state index in [9.17, 15) is 0 Å². The largest absolute Gasteiger partial charge is 0.351 e. The molecular weight excluding hydrogens is 338 g/mol. The molecule has 1 aliphatic heterocycles. The summed E-state index contributed by atoms with van der Waals surface area (Å²) in [6, 6.07) is 21.5. The average Bonchev–Trinajstić information content (AvgIpc) is 2.73. The number of anilines is 1. The minimum atomic E-state index is 1.22. The molecule has 1 heteroatoms. The Balaban J connectivity index is 1.62. The van der Waals surface area contributed by atoms with Gasteiger partial charge >= 0.3 is 0 Å². The monoisotopic (exact) mass is 363 g/mol. The van der Waals surface area contributed by atoms with Crippen molar-refractivity contribution in [1.29, 1.82) is 0 Å². The summed E-state index contributed by atoms with van der Waals surface area (Å²) in [7, 11) is 2.09. The third kappa shape index (κ3) is 3.57. The number of hydrogen-bond donors (Lipinski definition) is 0. The molecule has 0 fully saturated rings. The Bertz CT molecular complexity index is 1140. The maximum Gasteiger partial charge on any atom is 0.0483 e. The van der Waals surface area contributed by atoms with Crippen molar-refractivity contribution in [3.63, 3.8) is 0 Å². The van der Waals surface area contributed by atoms with Crippen LogP contribution in [0.25, 0.3) is 22.4 Å². The van der Waals surface area contributed by atoms with Gasteiger partial charge in [-0.1, -0.05) is 84.5 Å². The average molecular weight is 364 g/mol. The zero-order chi connectivity index (χ0) is 19.5. The highest BCUT2D eigenvalue weighted by Gasteiger charge is 2.11. The Kier molecular flexibility index (Phi) is 4.99. The SMILES string of the molecule is CC(C=Cc1ccc(C)c2ccccc12)=CC=C1C=CN(C)c2ccccc21. The molecule has 0 saturated heterocycles. The maximum atomic E-state index is 2.21. The van der Waals surface area contributed by atoms with Crippen LogP contribution in [0.5, 0.6) is 0 Å². The molecule has 0 amide bonds. The van der Waals surface area contributed by atoms with Crippen molar-refractivity contribution in [2.45, 2.75) is 13.8 Å². The van der Waals surface area contributed by atoms with Crippen LogP contribution in [0.2, 0.25) is 0 Å². The van der Waals surface area contributed by atoms with E-state index >= 15 is 0 Å². The molecule has 1 aliphatic rings. The molecule has 138 valence electrons. The van der Waals surface area contributed by atoms with Crippen molar-refractivity contribution in [3.05, 3.63) is 113 Å². The molecule has 0 saturated carbocycles. The van der Waals surface area contributed by atoms with Gasteiger partial charge in [-0.15, -0.1) is 0 Å². The zero-order valence-corrected chi connectivity index (χ0v) is 16.7. The second-order valence-corrected chi connectivity index (χ2v) is 7.33. The second kappa shape index (κ2) is 7.74. The lowest BCUT2D eigenvalue weighted by atomic mass is 9.99. The first-order valence-electron chi connectivity index (χ1n) is 9.69. The molecule has 1 nitrogen and oxygen atoms in total. The van der Waals surface area contributed by atoms with E-state index in [0.29, 0.717) is 0 Å². The normalized spacial score (nSPS) is 15.6. The van der Waals surface area contributed by atoms with Gasteiger partial charge in [-0.3, -0.25) is 0 Å². The van der Waals surface area contributed by atoms with E-state index in [-0.39, 0.29) is 0 Å². The van der Waals surface area contributed by atoms with E-state index in [1.54, 1.807) is 0 Å². The number of para-hydroxylation sites is 1. The van der Waals surface area contributed by atoms with Gasteiger partial charge in [0.1, 0.15) is 0 Å². The summed E-state index contributed by atoms with van der Waals surface area (Å²) in [6.45, 7) is 4.31. The van der Waals surface area contributed by atoms with Gasteiger partial charge in [0, 0.05) is 24.5 Å². The van der Waals surface area contributed by atoms with E-state index in [0.717, 1.165) is 0 Å². The van der Waals surface area contributed by atoms with Crippen molar-refractivity contribution in [1.82, 2.24) is 0 Å². The first-order valence-corrected chi connectivity index (χ1v) is 9.69. The molecule has 0 atom stereocenters. The van der Waals surface area contributed by atoms with Crippen LogP contribution < -0.4 is 4.90 Å². The van der Waals surface area contributed by atoms with Crippen molar-refractivity contribution >= 4 is 28.1 Å². The number of allylic oxidation sites excluding steroid dienone is 6. The Morgan fingerprint density at radius 3 is 2.50 bits per heavy atom. The van der Waals surface area contributed by atoms with Crippen LogP contribution in [0.15, 0.2) is 96.7 Å². The van der Waals surface area contributed by atoms with E-state index in [1.807, 2.05) is 0 Å². The first kappa shape index (κ1) is 18.1. The molecule has 28 heavy (non-hydrogen) atoms. The molecule has 3 aromatic rings. The lowest BCUT2D eigenvalue weighted by Crippen LogP contribution is -2.13. The van der Waals surface area contributed by atoms with Crippen LogP contribution in [0.4, 0.5) is 5.69 Å². The molecule has 4 rings (SSSR count). The zero-order valence-electron chi connectivity index (χ0n) is 16.7. The fraction of sp³-hybridized carbons (Fsp3) is 0.111. The summed E-state index contributed by atoms with van der Waals surface area (Å²) in [5.41, 5.74) is 7.54. The summed E-state index contributed by atoms with van der Waals surface area (Å²) < 4.78 is 0. The summed E-state index contributed by atoms with van der Waals surface area (Å²) in [4.78, 5) is 2.16. The minimum Gasteiger partial charge on any atom is -0.351 e. The third-order valence-corrected chi connectivity index (χ3v) is 5.30. The quantitative estimate of drug-likeness (QED) is 0.446. The smallest absolute Gasteiger partial charge is 0.0483 e. The van der Waals surface area contributed by atoms with Gasteiger partial charge in [0.2, 0.25) is 0 Å². The minimum absolute atomic E-state index is 1.22. The van der Waals surface area contributed by atoms with E-state index in [2.05, 4.69) is 123 Å². The Hall–Kier alpha value is -3.32. The van der Waals surface area contributed by atoms with Gasteiger partial charge < -0.3 is 4.90 Å². The van der Waals surface area contributed by atoms with Crippen LogP contribution in [0.3, 0.4) is 0 Å². The highest BCUT2D eigenvalue weighted by Crippen LogP contribution is 2.31. The standard InChI is InChI=1S/C27H25N/c1-20(12-15-22-17-14-21(2)24-8-4-5-9-25(22)24)13-16-23-18-19-28(3)27-11-7-6-10-26(23)27/h4-19H,1-3H3. The van der Waals surface area contributed by atoms with Gasteiger partial charge in [-0.2, -0.15) is 0 Å². The number of rotatable bonds is 3. The number of benzene rings is 3. The fourth-order valence-corrected chi connectivity index (χ4v) is 3.65. The van der Waals surface area contributed by atoms with Crippen molar-refractivity contribution in [2.75, 3.05) is 11.9 Å². The first-order chi connectivity index (χ1) is 13.6. The fourth-order valence-electron chi connectivity index (χ4n) is 3.65. The van der Waals surface area contributed by atoms with E-state index in [1.165, 1.54) is 44.3 Å². The lowest BCUT2D eigenvalue weighted by molar-refractivity contribution is 1.18. The highest BCUT2D eigenvalue weighted by molar-refractivity contribution is 5.93. The molecule has 0 bridgehead atoms. The number of fused-ring (bicyclic) bond motifs is 2. The van der Waals surface area contributed by atoms with Crippen molar-refractivity contribution in [3.8, 4) is 0 Å². The van der Waals surface area contributed by atoms with E-state index in [4.69, 9.17) is 0 Å². The van der Waals surface area contributed by atoms with E-state index < -0.39 is 0 Å². The molecule has 0 unspecified atom stereocenters. The summed E-state index contributed by atoms with van der Waals surface area (Å²) in [5.74, 6) is 0. The summed E-state index contributed by atoms with van der Waals surface area (Å²) in [5, 5.41) is 2.62. The van der Waals surface area contributed by atoms with Crippen LogP contribution >= 0.6 is 0 Å². The molecular formula is C27H25N. The lowest BCUT2D eigenvalue weighted by Gasteiger charge is -2.23. The Morgan fingerprint density at radius 1 is 0.893 bits per heavy atom. The number of hydrogen-bond acceptors (Lipinski definition) is 1. The van der Waals surface area contributed by atoms with Gasteiger partial charge in [0.15, 0.2) is 0 Å². The van der Waals surface area contributed by atoms with Gasteiger partial charge in [0.25, 0.3) is 0 Å². The summed E-state index contributed by atoms with van der Waals surface area (Å²) in [6.07, 6.45) is 13.1. The number of aryl methyl sites for hydroxylation is 1. The van der Waals surface area contributed by atoms with Gasteiger partial charge in [-0.05, 0) is 53.5 Å². The third-order valence-electron chi connectivity index (χ3n) is 5.30.